The number of rotatable bonds is 6. The zero-order chi connectivity index (χ0) is 15.1. The second-order valence-corrected chi connectivity index (χ2v) is 5.96. The summed E-state index contributed by atoms with van der Waals surface area (Å²) >= 11 is 0. The smallest absolute Gasteiger partial charge is 0.147 e. The van der Waals surface area contributed by atoms with Gasteiger partial charge in [-0.2, -0.15) is 0 Å². The van der Waals surface area contributed by atoms with E-state index in [0.29, 0.717) is 6.04 Å². The number of nitrogens with zero attached hydrogens (tertiary/aromatic N) is 1. The lowest BCUT2D eigenvalue weighted by molar-refractivity contribution is 0.255. The van der Waals surface area contributed by atoms with E-state index in [1.807, 2.05) is 30.3 Å². The maximum absolute atomic E-state index is 9.04. The van der Waals surface area contributed by atoms with E-state index in [0.717, 1.165) is 18.0 Å². The standard InChI is InChI=1S/C17H27N3O/c1-2-13-8-6-7-11-16(13)19-12-15(17(18)20-21)14-9-4-3-5-10-14/h3-5,9-10,13,15-16,19,21H,2,6-8,11-12H2,1H3,(H2,18,20). The topological polar surface area (TPSA) is 70.6 Å². The molecule has 3 atom stereocenters. The van der Waals surface area contributed by atoms with E-state index in [-0.39, 0.29) is 11.8 Å². The molecule has 4 N–H and O–H groups in total. The van der Waals surface area contributed by atoms with Gasteiger partial charge >= 0.3 is 0 Å². The Hall–Kier alpha value is -1.55. The van der Waals surface area contributed by atoms with Gasteiger partial charge in [0.25, 0.3) is 0 Å². The molecule has 0 spiro atoms. The maximum Gasteiger partial charge on any atom is 0.147 e. The summed E-state index contributed by atoms with van der Waals surface area (Å²) in [7, 11) is 0. The van der Waals surface area contributed by atoms with Crippen molar-refractivity contribution in [2.75, 3.05) is 6.54 Å². The Balaban J connectivity index is 2.02. The first-order chi connectivity index (χ1) is 10.3. The van der Waals surface area contributed by atoms with Crippen molar-refractivity contribution in [1.29, 1.82) is 0 Å². The van der Waals surface area contributed by atoms with Crippen LogP contribution in [0, 0.1) is 5.92 Å². The molecule has 1 saturated carbocycles. The fourth-order valence-corrected chi connectivity index (χ4v) is 3.38. The molecule has 0 aromatic heterocycles. The summed E-state index contributed by atoms with van der Waals surface area (Å²) in [5.74, 6) is 0.954. The van der Waals surface area contributed by atoms with Crippen molar-refractivity contribution < 1.29 is 5.21 Å². The van der Waals surface area contributed by atoms with Gasteiger partial charge in [-0.15, -0.1) is 0 Å². The Morgan fingerprint density at radius 2 is 2.05 bits per heavy atom. The van der Waals surface area contributed by atoms with Gasteiger partial charge in [0.2, 0.25) is 0 Å². The van der Waals surface area contributed by atoms with Gasteiger partial charge in [0.1, 0.15) is 5.84 Å². The van der Waals surface area contributed by atoms with Crippen LogP contribution in [0.4, 0.5) is 0 Å². The summed E-state index contributed by atoms with van der Waals surface area (Å²) in [6, 6.07) is 10.6. The van der Waals surface area contributed by atoms with Crippen LogP contribution in [0.25, 0.3) is 0 Å². The highest BCUT2D eigenvalue weighted by atomic mass is 16.4. The van der Waals surface area contributed by atoms with Gasteiger partial charge in [-0.25, -0.2) is 0 Å². The summed E-state index contributed by atoms with van der Waals surface area (Å²) in [6.45, 7) is 2.99. The van der Waals surface area contributed by atoms with E-state index in [1.54, 1.807) is 0 Å². The third-order valence-electron chi connectivity index (χ3n) is 4.69. The highest BCUT2D eigenvalue weighted by Gasteiger charge is 2.25. The zero-order valence-electron chi connectivity index (χ0n) is 12.8. The average Bonchev–Trinajstić information content (AvgIpc) is 2.56. The van der Waals surface area contributed by atoms with Gasteiger partial charge < -0.3 is 16.3 Å². The first-order valence-corrected chi connectivity index (χ1v) is 8.02. The Morgan fingerprint density at radius 1 is 1.33 bits per heavy atom. The van der Waals surface area contributed by atoms with Crippen LogP contribution in [-0.4, -0.2) is 23.6 Å². The maximum atomic E-state index is 9.04. The van der Waals surface area contributed by atoms with E-state index in [4.69, 9.17) is 10.9 Å². The molecule has 0 heterocycles. The first-order valence-electron chi connectivity index (χ1n) is 8.02. The second-order valence-electron chi connectivity index (χ2n) is 5.96. The average molecular weight is 289 g/mol. The summed E-state index contributed by atoms with van der Waals surface area (Å²) in [6.07, 6.45) is 6.41. The summed E-state index contributed by atoms with van der Waals surface area (Å²) in [5.41, 5.74) is 6.98. The minimum Gasteiger partial charge on any atom is -0.409 e. The van der Waals surface area contributed by atoms with Crippen molar-refractivity contribution in [3.05, 3.63) is 35.9 Å². The van der Waals surface area contributed by atoms with Gasteiger partial charge in [-0.1, -0.05) is 61.7 Å². The van der Waals surface area contributed by atoms with Crippen LogP contribution in [0.2, 0.25) is 0 Å². The molecule has 116 valence electrons. The zero-order valence-corrected chi connectivity index (χ0v) is 12.8. The van der Waals surface area contributed by atoms with Crippen LogP contribution in [0.15, 0.2) is 35.5 Å². The number of nitrogens with two attached hydrogens (primary N) is 1. The number of hydrogen-bond donors (Lipinski definition) is 3. The molecule has 0 amide bonds. The van der Waals surface area contributed by atoms with Crippen molar-refractivity contribution in [2.24, 2.45) is 16.8 Å². The number of benzene rings is 1. The summed E-state index contributed by atoms with van der Waals surface area (Å²) < 4.78 is 0. The summed E-state index contributed by atoms with van der Waals surface area (Å²) in [4.78, 5) is 0. The molecule has 0 radical (unpaired) electrons. The van der Waals surface area contributed by atoms with E-state index in [9.17, 15) is 0 Å². The van der Waals surface area contributed by atoms with Crippen LogP contribution in [0.3, 0.4) is 0 Å². The molecule has 0 aliphatic heterocycles. The molecule has 1 aromatic carbocycles. The molecule has 4 heteroatoms. The predicted molar refractivity (Wildman–Crippen MR) is 86.6 cm³/mol. The summed E-state index contributed by atoms with van der Waals surface area (Å²) in [5, 5.41) is 15.9. The first kappa shape index (κ1) is 15.8. The highest BCUT2D eigenvalue weighted by Crippen LogP contribution is 2.27. The lowest BCUT2D eigenvalue weighted by atomic mass is 9.82. The Kier molecular flexibility index (Phi) is 6.05. The molecular formula is C17H27N3O. The third kappa shape index (κ3) is 4.21. The molecule has 1 fully saturated rings. The molecule has 4 nitrogen and oxygen atoms in total. The quantitative estimate of drug-likeness (QED) is 0.326. The van der Waals surface area contributed by atoms with Crippen LogP contribution in [0.5, 0.6) is 0 Å². The van der Waals surface area contributed by atoms with Crippen LogP contribution >= 0.6 is 0 Å². The fraction of sp³-hybridized carbons (Fsp3) is 0.588. The fourth-order valence-electron chi connectivity index (χ4n) is 3.38. The number of amidine groups is 1. The van der Waals surface area contributed by atoms with Gasteiger partial charge in [0.15, 0.2) is 0 Å². The van der Waals surface area contributed by atoms with Crippen LogP contribution < -0.4 is 11.1 Å². The van der Waals surface area contributed by atoms with E-state index < -0.39 is 0 Å². The Bertz CT molecular complexity index is 447. The molecule has 21 heavy (non-hydrogen) atoms. The molecule has 2 rings (SSSR count). The molecule has 1 aliphatic rings. The molecular weight excluding hydrogens is 262 g/mol. The van der Waals surface area contributed by atoms with E-state index in [2.05, 4.69) is 17.4 Å². The Morgan fingerprint density at radius 3 is 2.71 bits per heavy atom. The SMILES string of the molecule is CCC1CCCCC1NCC(C(N)=NO)c1ccccc1. The normalized spacial score (nSPS) is 24.7. The molecule has 1 aliphatic carbocycles. The predicted octanol–water partition coefficient (Wildman–Crippen LogP) is 3.08. The van der Waals surface area contributed by atoms with Crippen LogP contribution in [0.1, 0.15) is 50.5 Å². The van der Waals surface area contributed by atoms with Crippen molar-refractivity contribution in [2.45, 2.75) is 51.0 Å². The number of hydrogen-bond acceptors (Lipinski definition) is 3. The van der Waals surface area contributed by atoms with Crippen molar-refractivity contribution in [3.63, 3.8) is 0 Å². The van der Waals surface area contributed by atoms with Gasteiger partial charge in [0, 0.05) is 12.6 Å². The molecule has 0 saturated heterocycles. The molecule has 1 aromatic rings. The van der Waals surface area contributed by atoms with Crippen molar-refractivity contribution in [3.8, 4) is 0 Å². The van der Waals surface area contributed by atoms with Gasteiger partial charge in [-0.3, -0.25) is 0 Å². The lowest BCUT2D eigenvalue weighted by Gasteiger charge is -2.33. The third-order valence-corrected chi connectivity index (χ3v) is 4.69. The minimum atomic E-state index is -0.0735. The largest absolute Gasteiger partial charge is 0.409 e. The van der Waals surface area contributed by atoms with Gasteiger partial charge in [-0.05, 0) is 24.3 Å². The second kappa shape index (κ2) is 8.03. The number of oxime groups is 1. The molecule has 3 unspecified atom stereocenters. The minimum absolute atomic E-state index is 0.0735. The van der Waals surface area contributed by atoms with Crippen molar-refractivity contribution in [1.82, 2.24) is 5.32 Å². The monoisotopic (exact) mass is 289 g/mol. The van der Waals surface area contributed by atoms with Crippen LogP contribution in [-0.2, 0) is 0 Å². The van der Waals surface area contributed by atoms with E-state index >= 15 is 0 Å². The molecule has 0 bridgehead atoms. The lowest BCUT2D eigenvalue weighted by Crippen LogP contribution is -2.42. The van der Waals surface area contributed by atoms with E-state index in [1.165, 1.54) is 32.1 Å². The number of nitrogens with one attached hydrogen (secondary N) is 1. The van der Waals surface area contributed by atoms with Gasteiger partial charge in [0.05, 0.1) is 5.92 Å². The Labute approximate surface area is 127 Å². The van der Waals surface area contributed by atoms with Crippen molar-refractivity contribution >= 4 is 5.84 Å². The highest BCUT2D eigenvalue weighted by molar-refractivity contribution is 5.87.